The molecule has 90 valence electrons. The summed E-state index contributed by atoms with van der Waals surface area (Å²) in [5.41, 5.74) is 0.804. The van der Waals surface area contributed by atoms with E-state index in [0.29, 0.717) is 29.1 Å². The van der Waals surface area contributed by atoms with Crippen molar-refractivity contribution in [1.29, 1.82) is 0 Å². The molecule has 0 aliphatic carbocycles. The van der Waals surface area contributed by atoms with Gasteiger partial charge < -0.3 is 14.9 Å². The summed E-state index contributed by atoms with van der Waals surface area (Å²) in [6.45, 7) is 0.479. The summed E-state index contributed by atoms with van der Waals surface area (Å²) < 4.78 is 0. The molecule has 0 spiro atoms. The molecule has 0 saturated carbocycles. The average Bonchev–Trinajstić information content (AvgIpc) is 2.58. The topological polar surface area (TPSA) is 60.8 Å². The van der Waals surface area contributed by atoms with Crippen LogP contribution in [0.4, 0.5) is 5.69 Å². The van der Waals surface area contributed by atoms with Crippen molar-refractivity contribution in [2.24, 2.45) is 0 Å². The molecule has 0 radical (unpaired) electrons. The van der Waals surface area contributed by atoms with Gasteiger partial charge in [0.1, 0.15) is 0 Å². The van der Waals surface area contributed by atoms with Crippen LogP contribution in [0.3, 0.4) is 0 Å². The number of amides is 1. The lowest BCUT2D eigenvalue weighted by Gasteiger charge is -2.18. The molecular weight excluding hydrogens is 260 g/mol. The molecule has 1 atom stereocenters. The minimum Gasteiger partial charge on any atom is -0.423 e. The molecule has 1 fully saturated rings. The van der Waals surface area contributed by atoms with E-state index < -0.39 is 7.12 Å². The smallest absolute Gasteiger partial charge is 0.423 e. The number of anilines is 1. The van der Waals surface area contributed by atoms with Crippen molar-refractivity contribution in [2.45, 2.75) is 11.7 Å². The number of hydrogen-bond donors (Lipinski definition) is 3. The lowest BCUT2D eigenvalue weighted by atomic mass is 9.80. The molecule has 1 amide bonds. The zero-order valence-electron chi connectivity index (χ0n) is 8.88. The molecule has 17 heavy (non-hydrogen) atoms. The number of benzene rings is 1. The summed E-state index contributed by atoms with van der Waals surface area (Å²) >= 11 is 10.3. The number of carbonyl (C=O) groups is 1. The fourth-order valence-electron chi connectivity index (χ4n) is 1.82. The van der Waals surface area contributed by atoms with Gasteiger partial charge in [-0.3, -0.25) is 4.79 Å². The highest BCUT2D eigenvalue weighted by atomic mass is 35.5. The Hall–Kier alpha value is -0.685. The molecule has 1 heterocycles. The molecule has 4 nitrogen and oxygen atoms in total. The Morgan fingerprint density at radius 1 is 1.47 bits per heavy atom. The molecule has 0 aromatic heterocycles. The molecule has 1 aliphatic heterocycles. The van der Waals surface area contributed by atoms with E-state index in [4.69, 9.17) is 21.6 Å². The summed E-state index contributed by atoms with van der Waals surface area (Å²) in [7, 11) is -1.57. The predicted molar refractivity (Wildman–Crippen MR) is 71.0 cm³/mol. The standard InChI is InChI=1S/C10H11BClNO3S/c12-8-2-1-6(11(15)16)3-9(8)13-5-7(17)4-10(13)14/h1-3,7,15-17H,4-5H2. The van der Waals surface area contributed by atoms with Crippen LogP contribution in [-0.4, -0.2) is 34.9 Å². The first-order valence-electron chi connectivity index (χ1n) is 5.13. The summed E-state index contributed by atoms with van der Waals surface area (Å²) in [5.74, 6) is -0.0588. The second-order valence-electron chi connectivity index (χ2n) is 3.95. The van der Waals surface area contributed by atoms with E-state index in [1.54, 1.807) is 6.07 Å². The maximum Gasteiger partial charge on any atom is 0.488 e. The first kappa shape index (κ1) is 12.8. The molecule has 1 saturated heterocycles. The van der Waals surface area contributed by atoms with Crippen LogP contribution in [0.15, 0.2) is 18.2 Å². The van der Waals surface area contributed by atoms with Gasteiger partial charge in [0.2, 0.25) is 5.91 Å². The molecule has 2 rings (SSSR count). The largest absolute Gasteiger partial charge is 0.488 e. The second-order valence-corrected chi connectivity index (χ2v) is 5.08. The van der Waals surface area contributed by atoms with E-state index in [-0.39, 0.29) is 11.2 Å². The van der Waals surface area contributed by atoms with Crippen LogP contribution in [0.5, 0.6) is 0 Å². The summed E-state index contributed by atoms with van der Waals surface area (Å²) in [6.07, 6.45) is 0.366. The van der Waals surface area contributed by atoms with Gasteiger partial charge in [0, 0.05) is 18.2 Å². The molecule has 2 N–H and O–H groups in total. The Kier molecular flexibility index (Phi) is 3.68. The van der Waals surface area contributed by atoms with Crippen LogP contribution in [0.1, 0.15) is 6.42 Å². The number of nitrogens with zero attached hydrogens (tertiary/aromatic N) is 1. The maximum absolute atomic E-state index is 11.7. The fourth-order valence-corrected chi connectivity index (χ4v) is 2.36. The molecule has 1 aliphatic rings. The fraction of sp³-hybridized carbons (Fsp3) is 0.300. The third-order valence-electron chi connectivity index (χ3n) is 2.66. The van der Waals surface area contributed by atoms with Gasteiger partial charge in [-0.1, -0.05) is 17.7 Å². The quantitative estimate of drug-likeness (QED) is 0.526. The van der Waals surface area contributed by atoms with Crippen molar-refractivity contribution in [3.63, 3.8) is 0 Å². The van der Waals surface area contributed by atoms with Crippen molar-refractivity contribution in [1.82, 2.24) is 0 Å². The summed E-state index contributed by atoms with van der Waals surface area (Å²) in [6, 6.07) is 4.57. The van der Waals surface area contributed by atoms with Gasteiger partial charge in [0.05, 0.1) is 10.7 Å². The van der Waals surface area contributed by atoms with Gasteiger partial charge in [-0.25, -0.2) is 0 Å². The summed E-state index contributed by atoms with van der Waals surface area (Å²) in [4.78, 5) is 13.2. The minimum absolute atomic E-state index is 0.0127. The van der Waals surface area contributed by atoms with E-state index in [2.05, 4.69) is 12.6 Å². The van der Waals surface area contributed by atoms with Crippen molar-refractivity contribution < 1.29 is 14.8 Å². The normalized spacial score (nSPS) is 19.9. The van der Waals surface area contributed by atoms with Crippen molar-refractivity contribution in [3.05, 3.63) is 23.2 Å². The lowest BCUT2D eigenvalue weighted by Crippen LogP contribution is -2.32. The van der Waals surface area contributed by atoms with Crippen molar-refractivity contribution in [3.8, 4) is 0 Å². The highest BCUT2D eigenvalue weighted by Crippen LogP contribution is 2.29. The molecule has 1 unspecified atom stereocenters. The average molecular weight is 272 g/mol. The molecule has 7 heteroatoms. The highest BCUT2D eigenvalue weighted by molar-refractivity contribution is 7.81. The first-order valence-corrected chi connectivity index (χ1v) is 6.02. The van der Waals surface area contributed by atoms with Crippen LogP contribution in [0, 0.1) is 0 Å². The zero-order chi connectivity index (χ0) is 12.6. The van der Waals surface area contributed by atoms with Gasteiger partial charge in [-0.05, 0) is 17.6 Å². The number of thiol groups is 1. The molecule has 1 aromatic rings. The Balaban J connectivity index is 2.37. The second kappa shape index (κ2) is 4.90. The van der Waals surface area contributed by atoms with Crippen LogP contribution in [0.2, 0.25) is 5.02 Å². The third kappa shape index (κ3) is 2.60. The first-order chi connectivity index (χ1) is 7.99. The van der Waals surface area contributed by atoms with Crippen molar-refractivity contribution in [2.75, 3.05) is 11.4 Å². The highest BCUT2D eigenvalue weighted by Gasteiger charge is 2.30. The van der Waals surface area contributed by atoms with Gasteiger partial charge >= 0.3 is 7.12 Å². The van der Waals surface area contributed by atoms with Crippen LogP contribution in [-0.2, 0) is 4.79 Å². The van der Waals surface area contributed by atoms with Crippen LogP contribution >= 0.6 is 24.2 Å². The lowest BCUT2D eigenvalue weighted by molar-refractivity contribution is -0.117. The van der Waals surface area contributed by atoms with E-state index in [9.17, 15) is 4.79 Å². The maximum atomic E-state index is 11.7. The molecule has 0 bridgehead atoms. The van der Waals surface area contributed by atoms with Crippen LogP contribution in [0.25, 0.3) is 0 Å². The zero-order valence-corrected chi connectivity index (χ0v) is 10.5. The van der Waals surface area contributed by atoms with Gasteiger partial charge in [-0.2, -0.15) is 12.6 Å². The van der Waals surface area contributed by atoms with E-state index in [0.717, 1.165) is 0 Å². The number of halogens is 1. The van der Waals surface area contributed by atoms with E-state index in [1.807, 2.05) is 0 Å². The predicted octanol–water partition coefficient (Wildman–Crippen LogP) is 0.0549. The summed E-state index contributed by atoms with van der Waals surface area (Å²) in [5, 5.41) is 18.6. The van der Waals surface area contributed by atoms with E-state index >= 15 is 0 Å². The Labute approximate surface area is 110 Å². The number of carbonyl (C=O) groups excluding carboxylic acids is 1. The minimum atomic E-state index is -1.57. The number of rotatable bonds is 2. The monoisotopic (exact) mass is 271 g/mol. The molecule has 1 aromatic carbocycles. The van der Waals surface area contributed by atoms with Crippen LogP contribution < -0.4 is 10.4 Å². The Morgan fingerprint density at radius 2 is 2.18 bits per heavy atom. The van der Waals surface area contributed by atoms with Gasteiger partial charge in [0.15, 0.2) is 0 Å². The SMILES string of the molecule is O=C1CC(S)CN1c1cc(B(O)O)ccc1Cl. The molecular formula is C10H11BClNO3S. The number of hydrogen-bond acceptors (Lipinski definition) is 4. The van der Waals surface area contributed by atoms with Gasteiger partial charge in [0.25, 0.3) is 0 Å². The Bertz CT molecular complexity index is 457. The van der Waals surface area contributed by atoms with E-state index in [1.165, 1.54) is 17.0 Å². The third-order valence-corrected chi connectivity index (χ3v) is 3.33. The van der Waals surface area contributed by atoms with Gasteiger partial charge in [-0.15, -0.1) is 0 Å². The Morgan fingerprint density at radius 3 is 2.71 bits per heavy atom. The van der Waals surface area contributed by atoms with Crippen molar-refractivity contribution >= 4 is 48.4 Å².